The van der Waals surface area contributed by atoms with Crippen LogP contribution >= 0.6 is 0 Å². The number of allylic oxidation sites excluding steroid dienone is 4. The van der Waals surface area contributed by atoms with E-state index in [0.717, 1.165) is 5.92 Å². The Morgan fingerprint density at radius 2 is 2.06 bits per heavy atom. The van der Waals surface area contributed by atoms with Gasteiger partial charge in [0.1, 0.15) is 0 Å². The lowest BCUT2D eigenvalue weighted by molar-refractivity contribution is 0.133. The Labute approximate surface area is 101 Å². The normalized spacial score (nSPS) is 19.7. The van der Waals surface area contributed by atoms with Crippen LogP contribution in [-0.2, 0) is 0 Å². The summed E-state index contributed by atoms with van der Waals surface area (Å²) in [5.41, 5.74) is 2.96. The largest absolute Gasteiger partial charge is 0.302 e. The first kappa shape index (κ1) is 13.2. The molecule has 1 heteroatoms. The molecule has 0 spiro atoms. The summed E-state index contributed by atoms with van der Waals surface area (Å²) in [5, 5.41) is 0. The first-order valence-electron chi connectivity index (χ1n) is 6.47. The maximum atomic E-state index is 3.99. The molecule has 1 aliphatic rings. The summed E-state index contributed by atoms with van der Waals surface area (Å²) in [4.78, 5) is 2.48. The molecule has 0 N–H and O–H groups in total. The maximum absolute atomic E-state index is 3.99. The highest BCUT2D eigenvalue weighted by Crippen LogP contribution is 2.28. The molecular weight excluding hydrogens is 194 g/mol. The number of hydrogen-bond acceptors (Lipinski definition) is 1. The Kier molecular flexibility index (Phi) is 5.54. The molecule has 0 radical (unpaired) electrons. The first-order valence-corrected chi connectivity index (χ1v) is 6.47. The lowest BCUT2D eigenvalue weighted by Gasteiger charge is -2.40. The number of hydrogen-bond donors (Lipinski definition) is 0. The first-order chi connectivity index (χ1) is 7.76. The molecule has 1 aliphatic heterocycles. The molecule has 1 rings (SSSR count). The van der Waals surface area contributed by atoms with Crippen LogP contribution in [0, 0.1) is 5.92 Å². The highest BCUT2D eigenvalue weighted by molar-refractivity contribution is 5.35. The van der Waals surface area contributed by atoms with E-state index in [1.54, 1.807) is 0 Å². The minimum atomic E-state index is 0.718. The van der Waals surface area contributed by atoms with Gasteiger partial charge in [0.2, 0.25) is 0 Å². The van der Waals surface area contributed by atoms with Gasteiger partial charge in [-0.15, -0.1) is 0 Å². The summed E-state index contributed by atoms with van der Waals surface area (Å²) >= 11 is 0. The van der Waals surface area contributed by atoms with Crippen LogP contribution in [0.2, 0.25) is 0 Å². The highest BCUT2D eigenvalue weighted by Gasteiger charge is 2.28. The second-order valence-electron chi connectivity index (χ2n) is 4.48. The predicted molar refractivity (Wildman–Crippen MR) is 72.5 cm³/mol. The maximum Gasteiger partial charge on any atom is 0.00961 e. The molecule has 0 aromatic rings. The molecule has 90 valence electrons. The summed E-state index contributed by atoms with van der Waals surface area (Å²) in [7, 11) is 0. The van der Waals surface area contributed by atoms with Crippen LogP contribution in [0.1, 0.15) is 33.6 Å². The summed E-state index contributed by atoms with van der Waals surface area (Å²) in [5.74, 6) is 0.718. The summed E-state index contributed by atoms with van der Waals surface area (Å²) in [6.07, 6.45) is 8.86. The molecule has 0 aliphatic carbocycles. The average Bonchev–Trinajstić information content (AvgIpc) is 2.22. The Hall–Kier alpha value is -0.820. The van der Waals surface area contributed by atoms with Crippen molar-refractivity contribution in [2.24, 2.45) is 5.92 Å². The number of likely N-dealkylation sites (tertiary alicyclic amines) is 1. The Morgan fingerprint density at radius 1 is 1.38 bits per heavy atom. The van der Waals surface area contributed by atoms with Gasteiger partial charge < -0.3 is 4.90 Å². The molecule has 0 aromatic heterocycles. The molecule has 16 heavy (non-hydrogen) atoms. The van der Waals surface area contributed by atoms with Gasteiger partial charge in [0.25, 0.3) is 0 Å². The van der Waals surface area contributed by atoms with E-state index in [-0.39, 0.29) is 0 Å². The molecule has 0 unspecified atom stereocenters. The highest BCUT2D eigenvalue weighted by atomic mass is 15.2. The fourth-order valence-electron chi connectivity index (χ4n) is 2.38. The summed E-state index contributed by atoms with van der Waals surface area (Å²) in [6, 6.07) is 0. The predicted octanol–water partition coefficient (Wildman–Crippen LogP) is 3.80. The lowest BCUT2D eigenvalue weighted by Crippen LogP contribution is -2.47. The van der Waals surface area contributed by atoms with E-state index in [1.807, 2.05) is 0 Å². The van der Waals surface area contributed by atoms with E-state index in [1.165, 1.54) is 43.6 Å². The van der Waals surface area contributed by atoms with Crippen molar-refractivity contribution in [2.45, 2.75) is 33.6 Å². The van der Waals surface area contributed by atoms with Gasteiger partial charge in [0.05, 0.1) is 0 Å². The average molecular weight is 219 g/mol. The minimum absolute atomic E-state index is 0.718. The van der Waals surface area contributed by atoms with Crippen molar-refractivity contribution in [3.05, 3.63) is 36.0 Å². The zero-order chi connectivity index (χ0) is 12.0. The third-order valence-corrected chi connectivity index (χ3v) is 3.32. The van der Waals surface area contributed by atoms with Gasteiger partial charge in [-0.3, -0.25) is 0 Å². The van der Waals surface area contributed by atoms with E-state index in [2.05, 4.69) is 50.5 Å². The van der Waals surface area contributed by atoms with Crippen LogP contribution in [-0.4, -0.2) is 24.5 Å². The van der Waals surface area contributed by atoms with Gasteiger partial charge in [0, 0.05) is 19.0 Å². The smallest absolute Gasteiger partial charge is 0.00961 e. The molecule has 0 saturated carbocycles. The van der Waals surface area contributed by atoms with Crippen LogP contribution in [0.15, 0.2) is 36.0 Å². The van der Waals surface area contributed by atoms with E-state index >= 15 is 0 Å². The third kappa shape index (κ3) is 3.08. The standard InChI is InChI=1S/C15H25N/c1-5-9-13(10-6-2)15(7-3)14-11-16(8-4)12-14/h5,7,9,14H,3,6,8,10-12H2,1-2,4H3/b9-5-,15-13-. The Balaban J connectivity index is 2.76. The molecule has 1 saturated heterocycles. The monoisotopic (exact) mass is 219 g/mol. The fraction of sp³-hybridized carbons (Fsp3) is 0.600. The summed E-state index contributed by atoms with van der Waals surface area (Å²) < 4.78 is 0. The van der Waals surface area contributed by atoms with Crippen molar-refractivity contribution >= 4 is 0 Å². The lowest BCUT2D eigenvalue weighted by atomic mass is 9.86. The van der Waals surface area contributed by atoms with Crippen LogP contribution < -0.4 is 0 Å². The van der Waals surface area contributed by atoms with Crippen molar-refractivity contribution in [1.29, 1.82) is 0 Å². The van der Waals surface area contributed by atoms with E-state index < -0.39 is 0 Å². The molecule has 0 bridgehead atoms. The number of nitrogens with zero attached hydrogens (tertiary/aromatic N) is 1. The molecule has 1 nitrogen and oxygen atoms in total. The second-order valence-corrected chi connectivity index (χ2v) is 4.48. The quantitative estimate of drug-likeness (QED) is 0.614. The number of rotatable bonds is 6. The van der Waals surface area contributed by atoms with E-state index in [4.69, 9.17) is 0 Å². The minimum Gasteiger partial charge on any atom is -0.302 e. The van der Waals surface area contributed by atoms with Gasteiger partial charge in [-0.2, -0.15) is 0 Å². The van der Waals surface area contributed by atoms with Crippen molar-refractivity contribution in [3.63, 3.8) is 0 Å². The van der Waals surface area contributed by atoms with Gasteiger partial charge >= 0.3 is 0 Å². The van der Waals surface area contributed by atoms with Crippen LogP contribution in [0.4, 0.5) is 0 Å². The summed E-state index contributed by atoms with van der Waals surface area (Å²) in [6.45, 7) is 14.1. The van der Waals surface area contributed by atoms with Gasteiger partial charge in [-0.25, -0.2) is 0 Å². The Bertz CT molecular complexity index is 280. The van der Waals surface area contributed by atoms with Crippen LogP contribution in [0.25, 0.3) is 0 Å². The van der Waals surface area contributed by atoms with Crippen molar-refractivity contribution in [2.75, 3.05) is 19.6 Å². The topological polar surface area (TPSA) is 3.24 Å². The zero-order valence-electron chi connectivity index (χ0n) is 11.0. The van der Waals surface area contributed by atoms with Gasteiger partial charge in [-0.05, 0) is 31.0 Å². The molecule has 0 aromatic carbocycles. The van der Waals surface area contributed by atoms with Gasteiger partial charge in [-0.1, -0.05) is 45.1 Å². The fourth-order valence-corrected chi connectivity index (χ4v) is 2.38. The molecular formula is C15H25N. The van der Waals surface area contributed by atoms with E-state index in [9.17, 15) is 0 Å². The SMILES string of the molecule is C=C/C(=C(\C=C/C)CCC)C1CN(CC)C1. The zero-order valence-corrected chi connectivity index (χ0v) is 11.0. The Morgan fingerprint density at radius 3 is 2.50 bits per heavy atom. The third-order valence-electron chi connectivity index (χ3n) is 3.32. The molecule has 0 atom stereocenters. The van der Waals surface area contributed by atoms with Crippen LogP contribution in [0.3, 0.4) is 0 Å². The molecule has 1 heterocycles. The molecule has 0 amide bonds. The van der Waals surface area contributed by atoms with Crippen molar-refractivity contribution < 1.29 is 0 Å². The van der Waals surface area contributed by atoms with Gasteiger partial charge in [0.15, 0.2) is 0 Å². The van der Waals surface area contributed by atoms with Crippen LogP contribution in [0.5, 0.6) is 0 Å². The second kappa shape index (κ2) is 6.70. The van der Waals surface area contributed by atoms with Crippen molar-refractivity contribution in [1.82, 2.24) is 4.90 Å². The van der Waals surface area contributed by atoms with Crippen molar-refractivity contribution in [3.8, 4) is 0 Å². The molecule has 1 fully saturated rings. The van der Waals surface area contributed by atoms with E-state index in [0.29, 0.717) is 0 Å².